The Morgan fingerprint density at radius 1 is 1.38 bits per heavy atom. The van der Waals surface area contributed by atoms with Crippen molar-refractivity contribution in [2.45, 2.75) is 33.6 Å². The van der Waals surface area contributed by atoms with E-state index in [1.165, 1.54) is 0 Å². The van der Waals surface area contributed by atoms with Crippen LogP contribution in [0.5, 0.6) is 0 Å². The maximum atomic E-state index is 12.4. The number of carbonyl (C=O) groups is 1. The SMILES string of the molecule is Cc1csc(-c2cccc(C(=O)NCC(CCO)CC(C)C)c2)n1. The molecule has 1 aromatic heterocycles. The first-order chi connectivity index (χ1) is 11.5. The lowest BCUT2D eigenvalue weighted by Gasteiger charge is -2.18. The fourth-order valence-corrected chi connectivity index (χ4v) is 3.57. The van der Waals surface area contributed by atoms with Crippen LogP contribution in [0, 0.1) is 18.8 Å². The van der Waals surface area contributed by atoms with Crippen LogP contribution in [0.4, 0.5) is 0 Å². The average molecular weight is 346 g/mol. The first kappa shape index (κ1) is 18.6. The molecule has 0 aliphatic carbocycles. The molecule has 1 unspecified atom stereocenters. The van der Waals surface area contributed by atoms with E-state index in [4.69, 9.17) is 0 Å². The van der Waals surface area contributed by atoms with Gasteiger partial charge in [0.25, 0.3) is 5.91 Å². The monoisotopic (exact) mass is 346 g/mol. The highest BCUT2D eigenvalue weighted by Crippen LogP contribution is 2.24. The molecule has 1 atom stereocenters. The van der Waals surface area contributed by atoms with Crippen molar-refractivity contribution in [1.82, 2.24) is 10.3 Å². The first-order valence-electron chi connectivity index (χ1n) is 8.41. The molecular formula is C19H26N2O2S. The Kier molecular flexibility index (Phi) is 6.94. The minimum atomic E-state index is -0.0724. The number of nitrogens with one attached hydrogen (secondary N) is 1. The Hall–Kier alpha value is -1.72. The van der Waals surface area contributed by atoms with Gasteiger partial charge in [0.05, 0.1) is 0 Å². The zero-order valence-corrected chi connectivity index (χ0v) is 15.4. The van der Waals surface area contributed by atoms with Crippen molar-refractivity contribution >= 4 is 17.2 Å². The summed E-state index contributed by atoms with van der Waals surface area (Å²) in [5.74, 6) is 0.787. The van der Waals surface area contributed by atoms with Gasteiger partial charge in [0.1, 0.15) is 5.01 Å². The minimum absolute atomic E-state index is 0.0724. The fourth-order valence-electron chi connectivity index (χ4n) is 2.77. The molecule has 1 amide bonds. The lowest BCUT2D eigenvalue weighted by Crippen LogP contribution is -2.30. The molecule has 5 heteroatoms. The number of rotatable bonds is 8. The lowest BCUT2D eigenvalue weighted by molar-refractivity contribution is 0.0941. The van der Waals surface area contributed by atoms with Gasteiger partial charge in [0.15, 0.2) is 0 Å². The van der Waals surface area contributed by atoms with Crippen molar-refractivity contribution < 1.29 is 9.90 Å². The summed E-state index contributed by atoms with van der Waals surface area (Å²) < 4.78 is 0. The maximum absolute atomic E-state index is 12.4. The van der Waals surface area contributed by atoms with E-state index < -0.39 is 0 Å². The Morgan fingerprint density at radius 2 is 2.17 bits per heavy atom. The molecule has 1 aromatic carbocycles. The Labute approximate surface area is 148 Å². The van der Waals surface area contributed by atoms with Crippen molar-refractivity contribution in [2.75, 3.05) is 13.2 Å². The van der Waals surface area contributed by atoms with E-state index in [-0.39, 0.29) is 12.5 Å². The van der Waals surface area contributed by atoms with Crippen LogP contribution in [-0.4, -0.2) is 29.1 Å². The van der Waals surface area contributed by atoms with Gasteiger partial charge in [-0.3, -0.25) is 4.79 Å². The molecule has 0 spiro atoms. The van der Waals surface area contributed by atoms with Crippen LogP contribution in [0.2, 0.25) is 0 Å². The second-order valence-electron chi connectivity index (χ2n) is 6.59. The van der Waals surface area contributed by atoms with Gasteiger partial charge >= 0.3 is 0 Å². The summed E-state index contributed by atoms with van der Waals surface area (Å²) in [7, 11) is 0. The van der Waals surface area contributed by atoms with E-state index in [1.807, 2.05) is 36.6 Å². The molecule has 0 aliphatic rings. The predicted molar refractivity (Wildman–Crippen MR) is 99.3 cm³/mol. The molecule has 2 rings (SSSR count). The van der Waals surface area contributed by atoms with E-state index in [9.17, 15) is 9.90 Å². The topological polar surface area (TPSA) is 62.2 Å². The molecule has 24 heavy (non-hydrogen) atoms. The highest BCUT2D eigenvalue weighted by Gasteiger charge is 2.14. The third-order valence-electron chi connectivity index (χ3n) is 3.88. The quantitative estimate of drug-likeness (QED) is 0.762. The van der Waals surface area contributed by atoms with Gasteiger partial charge in [-0.25, -0.2) is 4.98 Å². The highest BCUT2D eigenvalue weighted by molar-refractivity contribution is 7.13. The zero-order valence-electron chi connectivity index (χ0n) is 14.6. The molecule has 0 fully saturated rings. The first-order valence-corrected chi connectivity index (χ1v) is 9.29. The zero-order chi connectivity index (χ0) is 17.5. The molecule has 4 nitrogen and oxygen atoms in total. The molecule has 0 bridgehead atoms. The largest absolute Gasteiger partial charge is 0.396 e. The van der Waals surface area contributed by atoms with E-state index in [0.717, 1.165) is 29.1 Å². The maximum Gasteiger partial charge on any atom is 0.251 e. The number of nitrogens with zero attached hydrogens (tertiary/aromatic N) is 1. The van der Waals surface area contributed by atoms with Crippen molar-refractivity contribution in [2.24, 2.45) is 11.8 Å². The van der Waals surface area contributed by atoms with E-state index in [1.54, 1.807) is 11.3 Å². The number of aliphatic hydroxyl groups is 1. The van der Waals surface area contributed by atoms with Crippen molar-refractivity contribution in [3.8, 4) is 10.6 Å². The van der Waals surface area contributed by atoms with Crippen LogP contribution >= 0.6 is 11.3 Å². The van der Waals surface area contributed by atoms with E-state index in [0.29, 0.717) is 23.9 Å². The number of carbonyl (C=O) groups excluding carboxylic acids is 1. The summed E-state index contributed by atoms with van der Waals surface area (Å²) in [5.41, 5.74) is 2.60. The van der Waals surface area contributed by atoms with Gasteiger partial charge in [-0.15, -0.1) is 11.3 Å². The summed E-state index contributed by atoms with van der Waals surface area (Å²) in [6, 6.07) is 7.57. The molecule has 130 valence electrons. The van der Waals surface area contributed by atoms with Gasteiger partial charge in [-0.2, -0.15) is 0 Å². The van der Waals surface area contributed by atoms with Crippen LogP contribution < -0.4 is 5.32 Å². The van der Waals surface area contributed by atoms with Crippen LogP contribution in [0.25, 0.3) is 10.6 Å². The molecule has 0 saturated heterocycles. The molecule has 0 aliphatic heterocycles. The molecule has 2 N–H and O–H groups in total. The summed E-state index contributed by atoms with van der Waals surface area (Å²) in [6.45, 7) is 7.04. The Morgan fingerprint density at radius 3 is 2.79 bits per heavy atom. The number of hydrogen-bond donors (Lipinski definition) is 2. The number of aromatic nitrogens is 1. The van der Waals surface area contributed by atoms with Crippen molar-refractivity contribution in [3.63, 3.8) is 0 Å². The third-order valence-corrected chi connectivity index (χ3v) is 4.89. The second-order valence-corrected chi connectivity index (χ2v) is 7.45. The average Bonchev–Trinajstić information content (AvgIpc) is 2.99. The molecule has 0 radical (unpaired) electrons. The van der Waals surface area contributed by atoms with Gasteiger partial charge in [0.2, 0.25) is 0 Å². The Balaban J connectivity index is 2.01. The van der Waals surface area contributed by atoms with Gasteiger partial charge in [-0.1, -0.05) is 26.0 Å². The van der Waals surface area contributed by atoms with Crippen LogP contribution in [0.3, 0.4) is 0 Å². The second kappa shape index (κ2) is 8.94. The number of aliphatic hydroxyl groups excluding tert-OH is 1. The van der Waals surface area contributed by atoms with E-state index >= 15 is 0 Å². The van der Waals surface area contributed by atoms with E-state index in [2.05, 4.69) is 24.1 Å². The van der Waals surface area contributed by atoms with Gasteiger partial charge in [-0.05, 0) is 43.7 Å². The molecule has 2 aromatic rings. The fraction of sp³-hybridized carbons (Fsp3) is 0.474. The van der Waals surface area contributed by atoms with Crippen molar-refractivity contribution in [3.05, 3.63) is 40.9 Å². The van der Waals surface area contributed by atoms with Crippen LogP contribution in [0.15, 0.2) is 29.6 Å². The van der Waals surface area contributed by atoms with Crippen LogP contribution in [0.1, 0.15) is 42.7 Å². The lowest BCUT2D eigenvalue weighted by atomic mass is 9.94. The summed E-state index contributed by atoms with van der Waals surface area (Å²) >= 11 is 1.58. The van der Waals surface area contributed by atoms with Gasteiger partial charge < -0.3 is 10.4 Å². The Bertz CT molecular complexity index is 667. The number of hydrogen-bond acceptors (Lipinski definition) is 4. The molecule has 0 saturated carbocycles. The summed E-state index contributed by atoms with van der Waals surface area (Å²) in [5, 5.41) is 15.1. The minimum Gasteiger partial charge on any atom is -0.396 e. The van der Waals surface area contributed by atoms with Gasteiger partial charge in [0, 0.05) is 35.4 Å². The smallest absolute Gasteiger partial charge is 0.251 e. The summed E-state index contributed by atoms with van der Waals surface area (Å²) in [4.78, 5) is 16.9. The number of amides is 1. The van der Waals surface area contributed by atoms with Crippen molar-refractivity contribution in [1.29, 1.82) is 0 Å². The number of aryl methyl sites for hydroxylation is 1. The number of thiazole rings is 1. The standard InChI is InChI=1S/C19H26N2O2S/c1-13(2)9-15(7-8-22)11-20-18(23)16-5-4-6-17(10-16)19-21-14(3)12-24-19/h4-6,10,12-13,15,22H,7-9,11H2,1-3H3,(H,20,23). The molecular weight excluding hydrogens is 320 g/mol. The molecule has 1 heterocycles. The third kappa shape index (κ3) is 5.42. The predicted octanol–water partition coefficient (Wildman–Crippen LogP) is 3.89. The highest BCUT2D eigenvalue weighted by atomic mass is 32.1. The number of benzene rings is 1. The normalized spacial score (nSPS) is 12.4. The van der Waals surface area contributed by atoms with Crippen LogP contribution in [-0.2, 0) is 0 Å². The summed E-state index contributed by atoms with van der Waals surface area (Å²) in [6.07, 6.45) is 1.72.